The van der Waals surface area contributed by atoms with Crippen LogP contribution in [0, 0.1) is 0 Å². The summed E-state index contributed by atoms with van der Waals surface area (Å²) in [6.45, 7) is 2.80. The Morgan fingerprint density at radius 1 is 1.18 bits per heavy atom. The van der Waals surface area contributed by atoms with Crippen LogP contribution in [-0.2, 0) is 24.3 Å². The van der Waals surface area contributed by atoms with Gasteiger partial charge in [0.05, 0.1) is 23.1 Å². The van der Waals surface area contributed by atoms with Crippen LogP contribution in [0.1, 0.15) is 41.5 Å². The van der Waals surface area contributed by atoms with E-state index in [4.69, 9.17) is 0 Å². The lowest BCUT2D eigenvalue weighted by Crippen LogP contribution is -2.30. The van der Waals surface area contributed by atoms with Crippen molar-refractivity contribution in [3.8, 4) is 0 Å². The predicted molar refractivity (Wildman–Crippen MR) is 108 cm³/mol. The quantitative estimate of drug-likeness (QED) is 0.695. The molecule has 2 N–H and O–H groups in total. The summed E-state index contributed by atoms with van der Waals surface area (Å²) < 4.78 is 2.06. The zero-order chi connectivity index (χ0) is 19.2. The maximum atomic E-state index is 12.7. The van der Waals surface area contributed by atoms with Gasteiger partial charge >= 0.3 is 0 Å². The van der Waals surface area contributed by atoms with Gasteiger partial charge in [-0.1, -0.05) is 36.4 Å². The first-order chi connectivity index (χ1) is 13.8. The molecule has 0 spiro atoms. The smallest absolute Gasteiger partial charge is 0.221 e. The van der Waals surface area contributed by atoms with Crippen LogP contribution in [0.25, 0.3) is 0 Å². The fourth-order valence-corrected chi connectivity index (χ4v) is 3.54. The van der Waals surface area contributed by atoms with E-state index < -0.39 is 0 Å². The fourth-order valence-electron chi connectivity index (χ4n) is 3.54. The summed E-state index contributed by atoms with van der Waals surface area (Å²) in [5.41, 5.74) is 4.03. The van der Waals surface area contributed by atoms with Crippen molar-refractivity contribution in [1.82, 2.24) is 25.4 Å². The minimum absolute atomic E-state index is 0.000764. The Morgan fingerprint density at radius 2 is 2.04 bits per heavy atom. The van der Waals surface area contributed by atoms with E-state index in [9.17, 15) is 4.79 Å². The number of nitrogens with one attached hydrogen (secondary N) is 2. The van der Waals surface area contributed by atoms with Gasteiger partial charge in [0.15, 0.2) is 0 Å². The van der Waals surface area contributed by atoms with E-state index in [-0.39, 0.29) is 11.9 Å². The van der Waals surface area contributed by atoms with Crippen molar-refractivity contribution in [2.75, 3.05) is 6.54 Å². The maximum absolute atomic E-state index is 12.7. The third kappa shape index (κ3) is 4.46. The minimum atomic E-state index is -0.252. The number of carbonyl (C=O) groups excluding carboxylic acids is 1. The molecule has 1 aliphatic rings. The zero-order valence-corrected chi connectivity index (χ0v) is 15.8. The van der Waals surface area contributed by atoms with Crippen LogP contribution in [0.5, 0.6) is 0 Å². The number of pyridine rings is 1. The number of amides is 1. The second kappa shape index (κ2) is 8.80. The molecule has 3 heterocycles. The van der Waals surface area contributed by atoms with E-state index in [0.717, 1.165) is 43.0 Å². The second-order valence-electron chi connectivity index (χ2n) is 7.05. The van der Waals surface area contributed by atoms with Crippen LogP contribution in [0.2, 0.25) is 0 Å². The van der Waals surface area contributed by atoms with Crippen molar-refractivity contribution < 1.29 is 4.79 Å². The maximum Gasteiger partial charge on any atom is 0.221 e. The molecule has 1 atom stereocenters. The Balaban J connectivity index is 1.42. The highest BCUT2D eigenvalue weighted by Crippen LogP contribution is 2.20. The fraction of sp³-hybridized carbons (Fsp3) is 0.318. The van der Waals surface area contributed by atoms with Gasteiger partial charge in [-0.25, -0.2) is 0 Å². The number of hydrogen-bond acceptors (Lipinski definition) is 4. The monoisotopic (exact) mass is 375 g/mol. The normalized spacial score (nSPS) is 14.7. The lowest BCUT2D eigenvalue weighted by Gasteiger charge is -2.18. The van der Waals surface area contributed by atoms with E-state index in [0.29, 0.717) is 12.8 Å². The average molecular weight is 375 g/mol. The highest BCUT2D eigenvalue weighted by molar-refractivity contribution is 5.77. The first-order valence-corrected chi connectivity index (χ1v) is 9.81. The minimum Gasteiger partial charge on any atom is -0.344 e. The van der Waals surface area contributed by atoms with Crippen molar-refractivity contribution in [2.24, 2.45) is 0 Å². The predicted octanol–water partition coefficient (Wildman–Crippen LogP) is 2.61. The highest BCUT2D eigenvalue weighted by atomic mass is 16.1. The van der Waals surface area contributed by atoms with Crippen LogP contribution in [0.4, 0.5) is 0 Å². The molecular formula is C22H25N5O. The third-order valence-corrected chi connectivity index (χ3v) is 4.97. The number of fused-ring (bicyclic) bond motifs is 1. The molecule has 28 heavy (non-hydrogen) atoms. The van der Waals surface area contributed by atoms with Gasteiger partial charge in [0.25, 0.3) is 0 Å². The van der Waals surface area contributed by atoms with Gasteiger partial charge in [-0.3, -0.25) is 14.5 Å². The molecule has 4 rings (SSSR count). The molecule has 3 aromatic rings. The molecule has 6 heteroatoms. The van der Waals surface area contributed by atoms with E-state index in [1.54, 1.807) is 6.20 Å². The van der Waals surface area contributed by atoms with E-state index in [1.165, 1.54) is 5.69 Å². The lowest BCUT2D eigenvalue weighted by atomic mass is 10.0. The SMILES string of the molecule is O=C(CCc1cc2n(n1)CCCNC2)NC(c1ccccc1)c1ccccn1. The van der Waals surface area contributed by atoms with Crippen LogP contribution < -0.4 is 10.6 Å². The van der Waals surface area contributed by atoms with Gasteiger partial charge in [-0.2, -0.15) is 5.10 Å². The summed E-state index contributed by atoms with van der Waals surface area (Å²) in [5, 5.41) is 11.2. The largest absolute Gasteiger partial charge is 0.344 e. The summed E-state index contributed by atoms with van der Waals surface area (Å²) in [6, 6.07) is 17.6. The summed E-state index contributed by atoms with van der Waals surface area (Å²) in [6.07, 6.45) is 3.87. The standard InChI is InChI=1S/C22H25N5O/c28-21(11-10-18-15-19-16-23-12-6-14-27(19)26-18)25-22(17-7-2-1-3-8-17)20-9-4-5-13-24-20/h1-5,7-9,13,15,22-23H,6,10-12,14,16H2,(H,25,28). The van der Waals surface area contributed by atoms with Gasteiger partial charge < -0.3 is 10.6 Å². The molecule has 144 valence electrons. The molecule has 0 saturated carbocycles. The molecule has 1 unspecified atom stereocenters. The van der Waals surface area contributed by atoms with Crippen molar-refractivity contribution >= 4 is 5.91 Å². The molecule has 0 fully saturated rings. The molecule has 0 radical (unpaired) electrons. The third-order valence-electron chi connectivity index (χ3n) is 4.97. The number of rotatable bonds is 6. The Morgan fingerprint density at radius 3 is 2.86 bits per heavy atom. The van der Waals surface area contributed by atoms with Crippen LogP contribution >= 0.6 is 0 Å². The Kier molecular flexibility index (Phi) is 5.77. The molecule has 6 nitrogen and oxygen atoms in total. The number of nitrogens with zero attached hydrogens (tertiary/aromatic N) is 3. The summed E-state index contributed by atoms with van der Waals surface area (Å²) in [7, 11) is 0. The van der Waals surface area contributed by atoms with Crippen molar-refractivity contribution in [3.63, 3.8) is 0 Å². The Bertz CT molecular complexity index is 844. The molecule has 1 aliphatic heterocycles. The first-order valence-electron chi connectivity index (χ1n) is 9.81. The van der Waals surface area contributed by atoms with Gasteiger partial charge in [-0.05, 0) is 36.7 Å². The summed E-state index contributed by atoms with van der Waals surface area (Å²) >= 11 is 0. The van der Waals surface area contributed by atoms with Crippen molar-refractivity contribution in [2.45, 2.75) is 38.4 Å². The van der Waals surface area contributed by atoms with Crippen molar-refractivity contribution in [3.05, 3.63) is 83.4 Å². The number of hydrogen-bond donors (Lipinski definition) is 2. The summed E-state index contributed by atoms with van der Waals surface area (Å²) in [4.78, 5) is 17.1. The number of benzene rings is 1. The van der Waals surface area contributed by atoms with Crippen LogP contribution in [0.3, 0.4) is 0 Å². The second-order valence-corrected chi connectivity index (χ2v) is 7.05. The molecule has 1 amide bonds. The van der Waals surface area contributed by atoms with Gasteiger partial charge in [0.1, 0.15) is 0 Å². The van der Waals surface area contributed by atoms with Gasteiger partial charge in [0.2, 0.25) is 5.91 Å². The van der Waals surface area contributed by atoms with Gasteiger partial charge in [0, 0.05) is 32.1 Å². The van der Waals surface area contributed by atoms with E-state index in [2.05, 4.69) is 31.5 Å². The van der Waals surface area contributed by atoms with Gasteiger partial charge in [-0.15, -0.1) is 0 Å². The molecule has 0 saturated heterocycles. The van der Waals surface area contributed by atoms with E-state index in [1.807, 2.05) is 48.5 Å². The van der Waals surface area contributed by atoms with Crippen LogP contribution in [0.15, 0.2) is 60.8 Å². The molecule has 2 aromatic heterocycles. The number of aromatic nitrogens is 3. The topological polar surface area (TPSA) is 71.8 Å². The molecule has 1 aromatic carbocycles. The van der Waals surface area contributed by atoms with Crippen LogP contribution in [-0.4, -0.2) is 27.2 Å². The molecular weight excluding hydrogens is 350 g/mol. The zero-order valence-electron chi connectivity index (χ0n) is 15.8. The first kappa shape index (κ1) is 18.4. The van der Waals surface area contributed by atoms with Crippen molar-refractivity contribution in [1.29, 1.82) is 0 Å². The summed E-state index contributed by atoms with van der Waals surface area (Å²) in [5.74, 6) is 0.000764. The Labute approximate surface area is 165 Å². The number of aryl methyl sites for hydroxylation is 2. The molecule has 0 aliphatic carbocycles. The Hall–Kier alpha value is -2.99. The highest BCUT2D eigenvalue weighted by Gasteiger charge is 2.18. The number of carbonyl (C=O) groups is 1. The lowest BCUT2D eigenvalue weighted by molar-refractivity contribution is -0.121. The molecule has 0 bridgehead atoms. The van der Waals surface area contributed by atoms with E-state index >= 15 is 0 Å². The average Bonchev–Trinajstić information content (AvgIpc) is 3.00.